The molecule has 4 aromatic rings. The Balaban J connectivity index is 1.47. The topological polar surface area (TPSA) is 66.9 Å². The summed E-state index contributed by atoms with van der Waals surface area (Å²) in [6, 6.07) is 17.6. The highest BCUT2D eigenvalue weighted by atomic mass is 19.4. The summed E-state index contributed by atoms with van der Waals surface area (Å²) in [6.45, 7) is -0.0291. The Bertz CT molecular complexity index is 1240. The standard InChI is InChI=1S/C23H17F3N4O/c24-23(25,26)18-6-3-4-15(12-18)14-29-22(31)17-9-10-27-20(13-17)30-21-19-7-2-1-5-16(19)8-11-28-21/h1-13H,14H2,(H,29,31)(H,27,28,30). The molecule has 2 aromatic heterocycles. The van der Waals surface area contributed by atoms with E-state index in [9.17, 15) is 18.0 Å². The van der Waals surface area contributed by atoms with E-state index in [1.54, 1.807) is 12.3 Å². The first kappa shape index (κ1) is 20.3. The number of hydrogen-bond acceptors (Lipinski definition) is 4. The van der Waals surface area contributed by atoms with E-state index in [-0.39, 0.29) is 6.54 Å². The number of aromatic nitrogens is 2. The normalized spacial score (nSPS) is 11.3. The van der Waals surface area contributed by atoms with E-state index < -0.39 is 17.6 Å². The minimum atomic E-state index is -4.43. The number of carbonyl (C=O) groups excluding carboxylic acids is 1. The summed E-state index contributed by atoms with van der Waals surface area (Å²) in [4.78, 5) is 21.1. The molecule has 0 aliphatic heterocycles. The fourth-order valence-corrected chi connectivity index (χ4v) is 3.12. The van der Waals surface area contributed by atoms with Gasteiger partial charge in [-0.05, 0) is 41.3 Å². The maximum atomic E-state index is 12.8. The Morgan fingerprint density at radius 2 is 1.71 bits per heavy atom. The fourth-order valence-electron chi connectivity index (χ4n) is 3.12. The zero-order valence-corrected chi connectivity index (χ0v) is 16.1. The molecular weight excluding hydrogens is 405 g/mol. The van der Waals surface area contributed by atoms with Crippen molar-refractivity contribution in [2.75, 3.05) is 5.32 Å². The molecule has 0 atom stereocenters. The van der Waals surface area contributed by atoms with Gasteiger partial charge in [-0.2, -0.15) is 13.2 Å². The van der Waals surface area contributed by atoms with E-state index in [0.717, 1.165) is 22.9 Å². The highest BCUT2D eigenvalue weighted by Gasteiger charge is 2.30. The number of benzene rings is 2. The molecule has 0 aliphatic carbocycles. The van der Waals surface area contributed by atoms with Gasteiger partial charge in [0.15, 0.2) is 0 Å². The van der Waals surface area contributed by atoms with Crippen molar-refractivity contribution >= 4 is 28.3 Å². The Morgan fingerprint density at radius 3 is 2.55 bits per heavy atom. The van der Waals surface area contributed by atoms with Gasteiger partial charge < -0.3 is 10.6 Å². The molecule has 156 valence electrons. The van der Waals surface area contributed by atoms with Gasteiger partial charge in [0, 0.05) is 29.9 Å². The van der Waals surface area contributed by atoms with Gasteiger partial charge >= 0.3 is 6.18 Å². The highest BCUT2D eigenvalue weighted by Crippen LogP contribution is 2.29. The van der Waals surface area contributed by atoms with Gasteiger partial charge in [0.1, 0.15) is 11.6 Å². The Labute approximate surface area is 176 Å². The van der Waals surface area contributed by atoms with Crippen LogP contribution in [0, 0.1) is 0 Å². The number of halogens is 3. The van der Waals surface area contributed by atoms with Crippen LogP contribution in [-0.2, 0) is 12.7 Å². The zero-order chi connectivity index (χ0) is 21.8. The third kappa shape index (κ3) is 4.80. The molecule has 31 heavy (non-hydrogen) atoms. The quantitative estimate of drug-likeness (QED) is 0.457. The lowest BCUT2D eigenvalue weighted by atomic mass is 10.1. The summed E-state index contributed by atoms with van der Waals surface area (Å²) >= 11 is 0. The predicted octanol–water partition coefficient (Wildman–Crippen LogP) is 5.32. The van der Waals surface area contributed by atoms with Crippen molar-refractivity contribution < 1.29 is 18.0 Å². The van der Waals surface area contributed by atoms with Crippen molar-refractivity contribution in [3.8, 4) is 0 Å². The Morgan fingerprint density at radius 1 is 0.903 bits per heavy atom. The number of rotatable bonds is 5. The fraction of sp³-hybridized carbons (Fsp3) is 0.0870. The van der Waals surface area contributed by atoms with Crippen LogP contribution in [0.4, 0.5) is 24.8 Å². The molecule has 2 N–H and O–H groups in total. The number of pyridine rings is 2. The van der Waals surface area contributed by atoms with Crippen LogP contribution in [0.5, 0.6) is 0 Å². The van der Waals surface area contributed by atoms with Crippen LogP contribution in [0.1, 0.15) is 21.5 Å². The van der Waals surface area contributed by atoms with Gasteiger partial charge in [-0.1, -0.05) is 36.4 Å². The maximum absolute atomic E-state index is 12.8. The third-order valence-corrected chi connectivity index (χ3v) is 4.65. The molecule has 0 saturated heterocycles. The average Bonchev–Trinajstić information content (AvgIpc) is 2.77. The number of hydrogen-bond donors (Lipinski definition) is 2. The molecule has 5 nitrogen and oxygen atoms in total. The lowest BCUT2D eigenvalue weighted by Gasteiger charge is -2.11. The number of nitrogens with one attached hydrogen (secondary N) is 2. The van der Waals surface area contributed by atoms with Crippen molar-refractivity contribution in [2.24, 2.45) is 0 Å². The Kier molecular flexibility index (Phi) is 5.53. The largest absolute Gasteiger partial charge is 0.416 e. The molecule has 4 rings (SSSR count). The van der Waals surface area contributed by atoms with Gasteiger partial charge in [0.05, 0.1) is 5.56 Å². The molecule has 0 spiro atoms. The number of carbonyl (C=O) groups is 1. The lowest BCUT2D eigenvalue weighted by molar-refractivity contribution is -0.137. The second-order valence-electron chi connectivity index (χ2n) is 6.82. The first-order valence-electron chi connectivity index (χ1n) is 9.41. The molecule has 2 heterocycles. The summed E-state index contributed by atoms with van der Waals surface area (Å²) in [6.07, 6.45) is -1.27. The van der Waals surface area contributed by atoms with Crippen LogP contribution in [0.25, 0.3) is 10.8 Å². The van der Waals surface area contributed by atoms with Gasteiger partial charge in [-0.25, -0.2) is 9.97 Å². The van der Waals surface area contributed by atoms with Crippen LogP contribution in [0.15, 0.2) is 79.1 Å². The minimum Gasteiger partial charge on any atom is -0.348 e. The van der Waals surface area contributed by atoms with Crippen LogP contribution in [0.3, 0.4) is 0 Å². The summed E-state index contributed by atoms with van der Waals surface area (Å²) < 4.78 is 38.5. The molecule has 1 amide bonds. The van der Waals surface area contributed by atoms with E-state index in [2.05, 4.69) is 20.6 Å². The first-order valence-corrected chi connectivity index (χ1v) is 9.41. The van der Waals surface area contributed by atoms with Crippen molar-refractivity contribution in [3.05, 3.63) is 95.8 Å². The molecule has 0 aliphatic rings. The smallest absolute Gasteiger partial charge is 0.348 e. The van der Waals surface area contributed by atoms with Gasteiger partial charge in [0.25, 0.3) is 5.91 Å². The second kappa shape index (κ2) is 8.43. The molecule has 8 heteroatoms. The number of anilines is 2. The molecule has 0 bridgehead atoms. The zero-order valence-electron chi connectivity index (χ0n) is 16.1. The molecule has 0 fully saturated rings. The third-order valence-electron chi connectivity index (χ3n) is 4.65. The monoisotopic (exact) mass is 422 g/mol. The van der Waals surface area contributed by atoms with Crippen molar-refractivity contribution in [1.82, 2.24) is 15.3 Å². The predicted molar refractivity (Wildman–Crippen MR) is 112 cm³/mol. The molecule has 0 saturated carbocycles. The molecule has 2 aromatic carbocycles. The number of nitrogens with zero attached hydrogens (tertiary/aromatic N) is 2. The minimum absolute atomic E-state index is 0.0291. The van der Waals surface area contributed by atoms with Crippen LogP contribution < -0.4 is 10.6 Å². The van der Waals surface area contributed by atoms with E-state index >= 15 is 0 Å². The van der Waals surface area contributed by atoms with Crippen molar-refractivity contribution in [3.63, 3.8) is 0 Å². The molecule has 0 radical (unpaired) electrons. The summed E-state index contributed by atoms with van der Waals surface area (Å²) in [7, 11) is 0. The van der Waals surface area contributed by atoms with Gasteiger partial charge in [0.2, 0.25) is 0 Å². The number of alkyl halides is 3. The average molecular weight is 422 g/mol. The first-order chi connectivity index (χ1) is 14.9. The van der Waals surface area contributed by atoms with E-state index in [1.165, 1.54) is 24.4 Å². The maximum Gasteiger partial charge on any atom is 0.416 e. The highest BCUT2D eigenvalue weighted by molar-refractivity contribution is 5.96. The summed E-state index contributed by atoms with van der Waals surface area (Å²) in [5, 5.41) is 7.67. The van der Waals surface area contributed by atoms with Crippen LogP contribution in [0.2, 0.25) is 0 Å². The van der Waals surface area contributed by atoms with Crippen molar-refractivity contribution in [2.45, 2.75) is 12.7 Å². The van der Waals surface area contributed by atoms with Crippen LogP contribution in [-0.4, -0.2) is 15.9 Å². The van der Waals surface area contributed by atoms with Crippen LogP contribution >= 0.6 is 0 Å². The number of amides is 1. The second-order valence-corrected chi connectivity index (χ2v) is 6.82. The summed E-state index contributed by atoms with van der Waals surface area (Å²) in [5.74, 6) is 0.608. The van der Waals surface area contributed by atoms with E-state index in [0.29, 0.717) is 22.8 Å². The van der Waals surface area contributed by atoms with Crippen molar-refractivity contribution in [1.29, 1.82) is 0 Å². The van der Waals surface area contributed by atoms with E-state index in [4.69, 9.17) is 0 Å². The number of fused-ring (bicyclic) bond motifs is 1. The SMILES string of the molecule is O=C(NCc1cccc(C(F)(F)F)c1)c1ccnc(Nc2nccc3ccccc23)c1. The molecule has 0 unspecified atom stereocenters. The molecular formula is C23H17F3N4O. The van der Waals surface area contributed by atoms with Gasteiger partial charge in [-0.3, -0.25) is 4.79 Å². The lowest BCUT2D eigenvalue weighted by Crippen LogP contribution is -2.23. The Hall–Kier alpha value is -3.94. The van der Waals surface area contributed by atoms with Gasteiger partial charge in [-0.15, -0.1) is 0 Å². The van der Waals surface area contributed by atoms with E-state index in [1.807, 2.05) is 30.3 Å². The summed E-state index contributed by atoms with van der Waals surface area (Å²) in [5.41, 5.74) is -0.0718.